The Bertz CT molecular complexity index is 583. The molecule has 0 aromatic heterocycles. The van der Waals surface area contributed by atoms with E-state index in [1.807, 2.05) is 69.3 Å². The van der Waals surface area contributed by atoms with E-state index in [0.29, 0.717) is 6.42 Å². The maximum atomic E-state index is 11.6. The summed E-state index contributed by atoms with van der Waals surface area (Å²) in [4.78, 5) is 11.6. The fraction of sp³-hybridized carbons (Fsp3) is 0.278. The SMILES string of the molecule is CCC(=O)c1ccc(-c2cccc(OC(C)C)c2)cc1. The first kappa shape index (κ1) is 14.3. The number of carbonyl (C=O) groups excluding carboxylic acids is 1. The van der Waals surface area contributed by atoms with Crippen molar-refractivity contribution in [3.63, 3.8) is 0 Å². The zero-order valence-electron chi connectivity index (χ0n) is 12.2. The van der Waals surface area contributed by atoms with Gasteiger partial charge in [-0.2, -0.15) is 0 Å². The lowest BCUT2D eigenvalue weighted by Gasteiger charge is -2.11. The first-order chi connectivity index (χ1) is 9.60. The summed E-state index contributed by atoms with van der Waals surface area (Å²) in [7, 11) is 0. The van der Waals surface area contributed by atoms with Crippen LogP contribution in [0.2, 0.25) is 0 Å². The van der Waals surface area contributed by atoms with Crippen LogP contribution in [0.5, 0.6) is 5.75 Å². The molecule has 0 amide bonds. The molecule has 0 aliphatic carbocycles. The van der Waals surface area contributed by atoms with Crippen molar-refractivity contribution in [3.8, 4) is 16.9 Å². The van der Waals surface area contributed by atoms with Gasteiger partial charge in [-0.3, -0.25) is 4.79 Å². The molecule has 0 heterocycles. The zero-order chi connectivity index (χ0) is 14.5. The minimum absolute atomic E-state index is 0.162. The Morgan fingerprint density at radius 3 is 2.35 bits per heavy atom. The maximum absolute atomic E-state index is 11.6. The minimum Gasteiger partial charge on any atom is -0.491 e. The molecule has 2 aromatic rings. The van der Waals surface area contributed by atoms with Crippen LogP contribution in [-0.4, -0.2) is 11.9 Å². The molecule has 0 saturated carbocycles. The Morgan fingerprint density at radius 2 is 1.75 bits per heavy atom. The molecule has 2 heteroatoms. The quantitative estimate of drug-likeness (QED) is 0.732. The molecule has 0 unspecified atom stereocenters. The van der Waals surface area contributed by atoms with Crippen LogP contribution < -0.4 is 4.74 Å². The standard InChI is InChI=1S/C18H20O2/c1-4-18(19)15-10-8-14(9-11-15)16-6-5-7-17(12-16)20-13(2)3/h5-13H,4H2,1-3H3. The van der Waals surface area contributed by atoms with Gasteiger partial charge in [0.05, 0.1) is 6.10 Å². The van der Waals surface area contributed by atoms with Gasteiger partial charge in [0.2, 0.25) is 0 Å². The molecule has 0 N–H and O–H groups in total. The fourth-order valence-electron chi connectivity index (χ4n) is 2.07. The van der Waals surface area contributed by atoms with E-state index in [0.717, 1.165) is 22.4 Å². The third kappa shape index (κ3) is 3.47. The summed E-state index contributed by atoms with van der Waals surface area (Å²) in [6, 6.07) is 15.8. The monoisotopic (exact) mass is 268 g/mol. The highest BCUT2D eigenvalue weighted by atomic mass is 16.5. The van der Waals surface area contributed by atoms with E-state index in [1.54, 1.807) is 0 Å². The van der Waals surface area contributed by atoms with Crippen LogP contribution in [0.15, 0.2) is 48.5 Å². The minimum atomic E-state index is 0.162. The van der Waals surface area contributed by atoms with Gasteiger partial charge >= 0.3 is 0 Å². The first-order valence-corrected chi connectivity index (χ1v) is 7.00. The second-order valence-corrected chi connectivity index (χ2v) is 5.05. The topological polar surface area (TPSA) is 26.3 Å². The molecule has 2 aromatic carbocycles. The molecule has 0 fully saturated rings. The predicted molar refractivity (Wildman–Crippen MR) is 82.3 cm³/mol. The average Bonchev–Trinajstić information content (AvgIpc) is 2.46. The van der Waals surface area contributed by atoms with Gasteiger partial charge in [0, 0.05) is 12.0 Å². The summed E-state index contributed by atoms with van der Waals surface area (Å²) in [5, 5.41) is 0. The van der Waals surface area contributed by atoms with Crippen LogP contribution in [0.25, 0.3) is 11.1 Å². The van der Waals surface area contributed by atoms with Gasteiger partial charge < -0.3 is 4.74 Å². The lowest BCUT2D eigenvalue weighted by atomic mass is 10.0. The van der Waals surface area contributed by atoms with E-state index < -0.39 is 0 Å². The van der Waals surface area contributed by atoms with Crippen LogP contribution in [0.4, 0.5) is 0 Å². The van der Waals surface area contributed by atoms with E-state index in [-0.39, 0.29) is 11.9 Å². The highest BCUT2D eigenvalue weighted by molar-refractivity contribution is 5.96. The summed E-state index contributed by atoms with van der Waals surface area (Å²) in [6.45, 7) is 5.90. The van der Waals surface area contributed by atoms with Gasteiger partial charge in [-0.15, -0.1) is 0 Å². The molecule has 2 nitrogen and oxygen atoms in total. The first-order valence-electron chi connectivity index (χ1n) is 7.00. The smallest absolute Gasteiger partial charge is 0.162 e. The summed E-state index contributed by atoms with van der Waals surface area (Å²) in [6.07, 6.45) is 0.701. The number of rotatable bonds is 5. The molecule has 0 radical (unpaired) electrons. The molecule has 104 valence electrons. The molecule has 2 rings (SSSR count). The van der Waals surface area contributed by atoms with Crippen LogP contribution in [0, 0.1) is 0 Å². The normalized spacial score (nSPS) is 10.6. The molecule has 0 aliphatic heterocycles. The predicted octanol–water partition coefficient (Wildman–Crippen LogP) is 4.73. The van der Waals surface area contributed by atoms with Crippen LogP contribution >= 0.6 is 0 Å². The number of carbonyl (C=O) groups is 1. The van der Waals surface area contributed by atoms with Crippen molar-refractivity contribution in [2.75, 3.05) is 0 Å². The van der Waals surface area contributed by atoms with Crippen molar-refractivity contribution in [2.24, 2.45) is 0 Å². The second-order valence-electron chi connectivity index (χ2n) is 5.05. The Balaban J connectivity index is 2.25. The van der Waals surface area contributed by atoms with Gasteiger partial charge in [0.25, 0.3) is 0 Å². The Labute approximate surface area is 120 Å². The second kappa shape index (κ2) is 6.38. The molecular formula is C18H20O2. The number of benzene rings is 2. The molecule has 0 spiro atoms. The Morgan fingerprint density at radius 1 is 1.05 bits per heavy atom. The number of ether oxygens (including phenoxy) is 1. The van der Waals surface area contributed by atoms with Gasteiger partial charge in [-0.1, -0.05) is 43.3 Å². The van der Waals surface area contributed by atoms with Crippen LogP contribution in [0.1, 0.15) is 37.6 Å². The zero-order valence-corrected chi connectivity index (χ0v) is 12.2. The van der Waals surface area contributed by atoms with Gasteiger partial charge in [-0.25, -0.2) is 0 Å². The highest BCUT2D eigenvalue weighted by Gasteiger charge is 2.05. The number of hydrogen-bond donors (Lipinski definition) is 0. The lowest BCUT2D eigenvalue weighted by molar-refractivity contribution is 0.0988. The van der Waals surface area contributed by atoms with Gasteiger partial charge in [0.1, 0.15) is 5.75 Å². The van der Waals surface area contributed by atoms with Gasteiger partial charge in [-0.05, 0) is 37.1 Å². The van der Waals surface area contributed by atoms with Crippen molar-refractivity contribution >= 4 is 5.78 Å². The lowest BCUT2D eigenvalue weighted by Crippen LogP contribution is -2.05. The molecule has 20 heavy (non-hydrogen) atoms. The van der Waals surface area contributed by atoms with Crippen molar-refractivity contribution in [3.05, 3.63) is 54.1 Å². The summed E-state index contributed by atoms with van der Waals surface area (Å²) in [5.74, 6) is 1.04. The number of hydrogen-bond acceptors (Lipinski definition) is 2. The summed E-state index contributed by atoms with van der Waals surface area (Å²) < 4.78 is 5.70. The highest BCUT2D eigenvalue weighted by Crippen LogP contribution is 2.25. The maximum Gasteiger partial charge on any atom is 0.162 e. The molecule has 0 saturated heterocycles. The van der Waals surface area contributed by atoms with Crippen molar-refractivity contribution in [1.82, 2.24) is 0 Å². The number of ketones is 1. The van der Waals surface area contributed by atoms with Crippen LogP contribution in [0.3, 0.4) is 0 Å². The van der Waals surface area contributed by atoms with Gasteiger partial charge in [0.15, 0.2) is 5.78 Å². The largest absolute Gasteiger partial charge is 0.491 e. The van der Waals surface area contributed by atoms with E-state index in [9.17, 15) is 4.79 Å². The number of Topliss-reactive ketones (excluding diaryl/α,β-unsaturated/α-hetero) is 1. The molecule has 0 bridgehead atoms. The Hall–Kier alpha value is -2.09. The fourth-order valence-corrected chi connectivity index (χ4v) is 2.07. The molecule has 0 atom stereocenters. The van der Waals surface area contributed by atoms with Crippen LogP contribution in [-0.2, 0) is 0 Å². The average molecular weight is 268 g/mol. The Kier molecular flexibility index (Phi) is 4.57. The summed E-state index contributed by atoms with van der Waals surface area (Å²) in [5.41, 5.74) is 2.95. The molecule has 0 aliphatic rings. The van der Waals surface area contributed by atoms with E-state index in [1.165, 1.54) is 0 Å². The third-order valence-corrected chi connectivity index (χ3v) is 3.07. The molecular weight excluding hydrogens is 248 g/mol. The van der Waals surface area contributed by atoms with Crippen molar-refractivity contribution in [1.29, 1.82) is 0 Å². The van der Waals surface area contributed by atoms with Crippen molar-refractivity contribution in [2.45, 2.75) is 33.3 Å². The van der Waals surface area contributed by atoms with E-state index >= 15 is 0 Å². The summed E-state index contributed by atoms with van der Waals surface area (Å²) >= 11 is 0. The van der Waals surface area contributed by atoms with E-state index in [4.69, 9.17) is 4.74 Å². The van der Waals surface area contributed by atoms with Crippen molar-refractivity contribution < 1.29 is 9.53 Å². The third-order valence-electron chi connectivity index (χ3n) is 3.07. The van der Waals surface area contributed by atoms with E-state index in [2.05, 4.69) is 0 Å².